The minimum absolute atomic E-state index is 0.117. The first-order chi connectivity index (χ1) is 5.97. The van der Waals surface area contributed by atoms with Crippen molar-refractivity contribution in [3.05, 3.63) is 12.2 Å². The highest BCUT2D eigenvalue weighted by Gasteiger charge is 2.24. The van der Waals surface area contributed by atoms with E-state index in [9.17, 15) is 18.0 Å². The van der Waals surface area contributed by atoms with Gasteiger partial charge in [0.1, 0.15) is 6.10 Å². The molecule has 0 saturated heterocycles. The third kappa shape index (κ3) is 3.96. The first-order valence-corrected chi connectivity index (χ1v) is 3.94. The maximum atomic E-state index is 11.6. The summed E-state index contributed by atoms with van der Waals surface area (Å²) < 4.78 is 39.3. The molecule has 1 aliphatic rings. The van der Waals surface area contributed by atoms with E-state index in [0.29, 0.717) is 6.08 Å². The molecule has 2 nitrogen and oxygen atoms in total. The molecule has 0 atom stereocenters. The van der Waals surface area contributed by atoms with Gasteiger partial charge in [0.05, 0.1) is 0 Å². The second-order valence-corrected chi connectivity index (χ2v) is 2.86. The average Bonchev–Trinajstić information content (AvgIpc) is 1.91. The van der Waals surface area contributed by atoms with E-state index >= 15 is 0 Å². The molecule has 1 saturated carbocycles. The van der Waals surface area contributed by atoms with Crippen LogP contribution in [0.3, 0.4) is 0 Å². The summed E-state index contributed by atoms with van der Waals surface area (Å²) in [5.41, 5.74) is 0. The van der Waals surface area contributed by atoms with Crippen LogP contribution in [0.2, 0.25) is 0 Å². The summed E-state index contributed by atoms with van der Waals surface area (Å²) in [5, 5.41) is 0. The van der Waals surface area contributed by atoms with E-state index < -0.39 is 12.1 Å². The molecule has 0 aromatic rings. The van der Waals surface area contributed by atoms with Gasteiger partial charge < -0.3 is 4.74 Å². The van der Waals surface area contributed by atoms with Gasteiger partial charge in [-0.2, -0.15) is 13.2 Å². The van der Waals surface area contributed by atoms with Gasteiger partial charge in [-0.1, -0.05) is 0 Å². The van der Waals surface area contributed by atoms with Crippen molar-refractivity contribution >= 4 is 5.97 Å². The van der Waals surface area contributed by atoms with Crippen LogP contribution < -0.4 is 0 Å². The number of alkyl halides is 3. The normalized spacial score (nSPS) is 18.7. The van der Waals surface area contributed by atoms with Gasteiger partial charge >= 0.3 is 12.1 Å². The molecule has 0 heterocycles. The quantitative estimate of drug-likeness (QED) is 0.497. The van der Waals surface area contributed by atoms with Crippen molar-refractivity contribution in [1.82, 2.24) is 0 Å². The number of allylic oxidation sites excluding steroid dienone is 1. The van der Waals surface area contributed by atoms with Crippen LogP contribution in [0.5, 0.6) is 0 Å². The molecule has 0 spiro atoms. The van der Waals surface area contributed by atoms with Gasteiger partial charge in [-0.25, -0.2) is 4.79 Å². The molecule has 1 aliphatic carbocycles. The molecular formula is C8H9F3O2. The number of esters is 1. The van der Waals surface area contributed by atoms with Crippen LogP contribution in [0, 0.1) is 0 Å². The summed E-state index contributed by atoms with van der Waals surface area (Å²) in [6.07, 6.45) is -1.84. The second-order valence-electron chi connectivity index (χ2n) is 2.86. The van der Waals surface area contributed by atoms with Crippen LogP contribution in [0.15, 0.2) is 12.2 Å². The maximum absolute atomic E-state index is 11.6. The largest absolute Gasteiger partial charge is 0.459 e. The predicted octanol–water partition coefficient (Wildman–Crippen LogP) is 2.20. The van der Waals surface area contributed by atoms with Crippen molar-refractivity contribution in [3.63, 3.8) is 0 Å². The first kappa shape index (κ1) is 10.1. The maximum Gasteiger partial charge on any atom is 0.410 e. The molecule has 0 aromatic carbocycles. The molecular weight excluding hydrogens is 185 g/mol. The molecule has 74 valence electrons. The Bertz CT molecular complexity index is 216. The predicted molar refractivity (Wildman–Crippen MR) is 38.9 cm³/mol. The van der Waals surface area contributed by atoms with Gasteiger partial charge in [-0.3, -0.25) is 0 Å². The Morgan fingerprint density at radius 2 is 2.00 bits per heavy atom. The summed E-state index contributed by atoms with van der Waals surface area (Å²) in [6.45, 7) is 0. The monoisotopic (exact) mass is 194 g/mol. The molecule has 0 aromatic heterocycles. The Balaban J connectivity index is 2.27. The van der Waals surface area contributed by atoms with Crippen molar-refractivity contribution in [2.45, 2.75) is 31.5 Å². The topological polar surface area (TPSA) is 26.3 Å². The molecule has 1 fully saturated rings. The lowest BCUT2D eigenvalue weighted by atomic mass is 9.96. The van der Waals surface area contributed by atoms with Crippen LogP contribution in [0.1, 0.15) is 19.3 Å². The Morgan fingerprint density at radius 3 is 2.38 bits per heavy atom. The minimum atomic E-state index is -4.45. The molecule has 5 heteroatoms. The van der Waals surface area contributed by atoms with Crippen LogP contribution in [0.4, 0.5) is 13.2 Å². The van der Waals surface area contributed by atoms with Crippen molar-refractivity contribution in [3.8, 4) is 0 Å². The van der Waals surface area contributed by atoms with E-state index in [-0.39, 0.29) is 12.2 Å². The molecule has 0 unspecified atom stereocenters. The lowest BCUT2D eigenvalue weighted by molar-refractivity contribution is -0.147. The standard InChI is InChI=1S/C8H9F3O2/c9-8(10,11)5-4-7(12)13-6-2-1-3-6/h4-6H,1-3H2/b5-4+. The Morgan fingerprint density at radius 1 is 1.38 bits per heavy atom. The van der Waals surface area contributed by atoms with Gasteiger partial charge in [0.25, 0.3) is 0 Å². The van der Waals surface area contributed by atoms with Crippen LogP contribution >= 0.6 is 0 Å². The van der Waals surface area contributed by atoms with E-state index in [1.807, 2.05) is 0 Å². The summed E-state index contributed by atoms with van der Waals surface area (Å²) in [5.74, 6) is -0.915. The Kier molecular flexibility index (Phi) is 2.95. The number of hydrogen-bond acceptors (Lipinski definition) is 2. The molecule has 0 radical (unpaired) electrons. The SMILES string of the molecule is O=C(/C=C/C(F)(F)F)OC1CCC1. The Labute approximate surface area is 73.4 Å². The summed E-state index contributed by atoms with van der Waals surface area (Å²) in [7, 11) is 0. The number of ether oxygens (including phenoxy) is 1. The molecule has 0 bridgehead atoms. The number of halogens is 3. The highest BCUT2D eigenvalue weighted by Crippen LogP contribution is 2.22. The second kappa shape index (κ2) is 3.81. The van der Waals surface area contributed by atoms with Crippen LogP contribution in [-0.4, -0.2) is 18.2 Å². The van der Waals surface area contributed by atoms with Gasteiger partial charge in [0.2, 0.25) is 0 Å². The van der Waals surface area contributed by atoms with Gasteiger partial charge in [-0.15, -0.1) is 0 Å². The average molecular weight is 194 g/mol. The van der Waals surface area contributed by atoms with Crippen LogP contribution in [0.25, 0.3) is 0 Å². The van der Waals surface area contributed by atoms with Gasteiger partial charge in [0.15, 0.2) is 0 Å². The van der Waals surface area contributed by atoms with E-state index in [0.717, 1.165) is 19.3 Å². The zero-order valence-corrected chi connectivity index (χ0v) is 6.80. The number of rotatable bonds is 2. The molecule has 0 aliphatic heterocycles. The van der Waals surface area contributed by atoms with Crippen molar-refractivity contribution in [1.29, 1.82) is 0 Å². The smallest absolute Gasteiger partial charge is 0.410 e. The number of hydrogen-bond donors (Lipinski definition) is 0. The fourth-order valence-electron chi connectivity index (χ4n) is 0.855. The lowest BCUT2D eigenvalue weighted by Gasteiger charge is -2.24. The van der Waals surface area contributed by atoms with Crippen molar-refractivity contribution in [2.75, 3.05) is 0 Å². The van der Waals surface area contributed by atoms with Crippen LogP contribution in [-0.2, 0) is 9.53 Å². The highest BCUT2D eigenvalue weighted by molar-refractivity contribution is 5.82. The summed E-state index contributed by atoms with van der Waals surface area (Å²) in [6, 6.07) is 0. The third-order valence-electron chi connectivity index (χ3n) is 1.74. The van der Waals surface area contributed by atoms with Crippen molar-refractivity contribution < 1.29 is 22.7 Å². The molecule has 1 rings (SSSR count). The fraction of sp³-hybridized carbons (Fsp3) is 0.625. The molecule has 0 amide bonds. The zero-order valence-electron chi connectivity index (χ0n) is 6.80. The highest BCUT2D eigenvalue weighted by atomic mass is 19.4. The number of carbonyl (C=O) groups is 1. The lowest BCUT2D eigenvalue weighted by Crippen LogP contribution is -2.24. The third-order valence-corrected chi connectivity index (χ3v) is 1.74. The summed E-state index contributed by atoms with van der Waals surface area (Å²) >= 11 is 0. The Hall–Kier alpha value is -1.00. The van der Waals surface area contributed by atoms with E-state index in [4.69, 9.17) is 0 Å². The minimum Gasteiger partial charge on any atom is -0.459 e. The van der Waals surface area contributed by atoms with Gasteiger partial charge in [-0.05, 0) is 19.3 Å². The fourth-order valence-corrected chi connectivity index (χ4v) is 0.855. The molecule has 13 heavy (non-hydrogen) atoms. The zero-order chi connectivity index (χ0) is 9.90. The van der Waals surface area contributed by atoms with E-state index in [2.05, 4.69) is 4.74 Å². The molecule has 0 N–H and O–H groups in total. The van der Waals surface area contributed by atoms with Crippen molar-refractivity contribution in [2.24, 2.45) is 0 Å². The number of carbonyl (C=O) groups excluding carboxylic acids is 1. The van der Waals surface area contributed by atoms with E-state index in [1.165, 1.54) is 0 Å². The van der Waals surface area contributed by atoms with Gasteiger partial charge in [0, 0.05) is 12.2 Å². The van der Waals surface area contributed by atoms with E-state index in [1.54, 1.807) is 0 Å². The first-order valence-electron chi connectivity index (χ1n) is 3.94. The summed E-state index contributed by atoms with van der Waals surface area (Å²) in [4.78, 5) is 10.7.